The molecule has 0 aromatic rings. The molecule has 0 saturated heterocycles. The number of rotatable bonds is 11. The van der Waals surface area contributed by atoms with E-state index in [1.165, 1.54) is 6.92 Å². The Morgan fingerprint density at radius 1 is 1.04 bits per heavy atom. The molecule has 0 aromatic carbocycles. The van der Waals surface area contributed by atoms with Crippen LogP contribution < -0.4 is 0 Å². The average Bonchev–Trinajstić information content (AvgIpc) is 2.39. The van der Waals surface area contributed by atoms with Gasteiger partial charge >= 0.3 is 20.8 Å². The minimum atomic E-state index is -5.32. The predicted molar refractivity (Wildman–Crippen MR) is 71.9 cm³/mol. The normalized spacial score (nSPS) is 18.2. The maximum atomic E-state index is 11.9. The van der Waals surface area contributed by atoms with Crippen LogP contribution in [0.5, 0.6) is 0 Å². The molecule has 0 fully saturated rings. The summed E-state index contributed by atoms with van der Waals surface area (Å²) < 4.78 is 68.5. The number of aliphatic hydroxyl groups excluding tert-OH is 3. The monoisotopic (exact) mass is 382 g/mol. The van der Waals surface area contributed by atoms with E-state index in [1.54, 1.807) is 0 Å². The van der Waals surface area contributed by atoms with Crippen molar-refractivity contribution in [3.63, 3.8) is 0 Å². The van der Waals surface area contributed by atoms with Crippen molar-refractivity contribution in [1.82, 2.24) is 0 Å². The van der Waals surface area contributed by atoms with Crippen LogP contribution in [0.2, 0.25) is 0 Å². The first-order valence-electron chi connectivity index (χ1n) is 6.13. The Hall–Kier alpha value is -0.710. The van der Waals surface area contributed by atoms with Gasteiger partial charge in [-0.15, -0.1) is 0 Å². The molecule has 12 nitrogen and oxygen atoms in total. The fourth-order valence-electron chi connectivity index (χ4n) is 1.57. The van der Waals surface area contributed by atoms with Gasteiger partial charge in [0.25, 0.3) is 0 Å². The Balaban J connectivity index is 5.81. The van der Waals surface area contributed by atoms with E-state index < -0.39 is 57.6 Å². The number of carbonyl (C=O) groups is 1. The molecule has 0 bridgehead atoms. The van der Waals surface area contributed by atoms with Crippen LogP contribution in [0.4, 0.5) is 0 Å². The van der Waals surface area contributed by atoms with Crippen molar-refractivity contribution < 1.29 is 54.4 Å². The molecule has 0 radical (unpaired) electrons. The van der Waals surface area contributed by atoms with Crippen molar-refractivity contribution in [3.05, 3.63) is 0 Å². The highest BCUT2D eigenvalue weighted by Crippen LogP contribution is 2.19. The van der Waals surface area contributed by atoms with Gasteiger partial charge in [-0.25, -0.2) is 8.37 Å². The third kappa shape index (κ3) is 8.63. The molecular formula is C9H18O12S2. The van der Waals surface area contributed by atoms with Crippen molar-refractivity contribution >= 4 is 26.6 Å². The SMILES string of the molecule is CCCC(=O)[C@H](OS(=O)(=O)O)[C@@H](OS(=O)(=O)O)[C@H](O)[C@H](O)CO. The van der Waals surface area contributed by atoms with Gasteiger partial charge in [0.1, 0.15) is 18.3 Å². The summed E-state index contributed by atoms with van der Waals surface area (Å²) in [6.07, 6.45) is -9.48. The number of carbonyl (C=O) groups excluding carboxylic acids is 1. The molecule has 0 aliphatic heterocycles. The minimum Gasteiger partial charge on any atom is -0.394 e. The van der Waals surface area contributed by atoms with Crippen molar-refractivity contribution in [3.8, 4) is 0 Å². The average molecular weight is 382 g/mol. The van der Waals surface area contributed by atoms with Gasteiger partial charge in [-0.05, 0) is 6.42 Å². The number of Topliss-reactive ketones (excluding diaryl/α,β-unsaturated/α-hetero) is 1. The van der Waals surface area contributed by atoms with Gasteiger partial charge in [-0.3, -0.25) is 13.9 Å². The van der Waals surface area contributed by atoms with Crippen molar-refractivity contribution in [2.24, 2.45) is 0 Å². The quantitative estimate of drug-likeness (QED) is 0.234. The summed E-state index contributed by atoms with van der Waals surface area (Å²) in [4.78, 5) is 11.9. The smallest absolute Gasteiger partial charge is 0.394 e. The van der Waals surface area contributed by atoms with Crippen LogP contribution in [-0.2, 0) is 34.0 Å². The molecule has 0 rings (SSSR count). The van der Waals surface area contributed by atoms with Crippen molar-refractivity contribution in [1.29, 1.82) is 0 Å². The maximum Gasteiger partial charge on any atom is 0.398 e. The molecule has 0 aliphatic rings. The molecular weight excluding hydrogens is 364 g/mol. The second-order valence-corrected chi connectivity index (χ2v) is 6.49. The predicted octanol–water partition coefficient (Wildman–Crippen LogP) is -2.55. The third-order valence-electron chi connectivity index (χ3n) is 2.49. The fraction of sp³-hybridized carbons (Fsp3) is 0.889. The second kappa shape index (κ2) is 8.95. The molecule has 0 spiro atoms. The summed E-state index contributed by atoms with van der Waals surface area (Å²) in [6.45, 7) is 0.382. The molecule has 0 unspecified atom stereocenters. The van der Waals surface area contributed by atoms with Gasteiger partial charge in [0.2, 0.25) is 0 Å². The summed E-state index contributed by atoms with van der Waals surface area (Å²) in [7, 11) is -10.6. The zero-order valence-corrected chi connectivity index (χ0v) is 13.5. The van der Waals surface area contributed by atoms with Crippen LogP contribution >= 0.6 is 0 Å². The molecule has 0 aliphatic carbocycles. The van der Waals surface area contributed by atoms with Crippen LogP contribution in [0.3, 0.4) is 0 Å². The van der Waals surface area contributed by atoms with E-state index in [2.05, 4.69) is 8.37 Å². The summed E-state index contributed by atoms with van der Waals surface area (Å²) in [5.41, 5.74) is 0. The Morgan fingerprint density at radius 2 is 1.52 bits per heavy atom. The summed E-state index contributed by atoms with van der Waals surface area (Å²) >= 11 is 0. The van der Waals surface area contributed by atoms with E-state index in [0.717, 1.165) is 0 Å². The lowest BCUT2D eigenvalue weighted by atomic mass is 9.98. The first-order valence-corrected chi connectivity index (χ1v) is 8.86. The lowest BCUT2D eigenvalue weighted by Gasteiger charge is -2.29. The zero-order valence-electron chi connectivity index (χ0n) is 11.8. The first kappa shape index (κ1) is 22.3. The van der Waals surface area contributed by atoms with Gasteiger partial charge in [-0.2, -0.15) is 16.8 Å². The summed E-state index contributed by atoms with van der Waals surface area (Å²) in [5, 5.41) is 27.8. The molecule has 0 saturated carbocycles. The molecule has 138 valence electrons. The molecule has 23 heavy (non-hydrogen) atoms. The highest BCUT2D eigenvalue weighted by atomic mass is 32.3. The van der Waals surface area contributed by atoms with Gasteiger partial charge in [0.15, 0.2) is 11.9 Å². The van der Waals surface area contributed by atoms with Gasteiger partial charge in [0, 0.05) is 6.42 Å². The number of hydrogen-bond donors (Lipinski definition) is 5. The summed E-state index contributed by atoms with van der Waals surface area (Å²) in [6, 6.07) is 0. The molecule has 0 aromatic heterocycles. The maximum absolute atomic E-state index is 11.9. The van der Waals surface area contributed by atoms with Gasteiger partial charge in [0.05, 0.1) is 6.61 Å². The van der Waals surface area contributed by atoms with Crippen LogP contribution in [-0.4, -0.2) is 78.1 Å². The molecule has 4 atom stereocenters. The largest absolute Gasteiger partial charge is 0.398 e. The van der Waals surface area contributed by atoms with Crippen LogP contribution in [0.1, 0.15) is 19.8 Å². The van der Waals surface area contributed by atoms with Gasteiger partial charge < -0.3 is 15.3 Å². The van der Waals surface area contributed by atoms with E-state index in [0.29, 0.717) is 0 Å². The molecule has 0 heterocycles. The Morgan fingerprint density at radius 3 is 1.87 bits per heavy atom. The second-order valence-electron chi connectivity index (χ2n) is 4.39. The van der Waals surface area contributed by atoms with Crippen LogP contribution in [0.25, 0.3) is 0 Å². The van der Waals surface area contributed by atoms with Gasteiger partial charge in [-0.1, -0.05) is 6.92 Å². The van der Waals surface area contributed by atoms with E-state index in [4.69, 9.17) is 14.2 Å². The standard InChI is InChI=1S/C9H18O12S2/c1-2-3-5(11)8(20-22(14,15)16)9(21-23(17,18)19)7(13)6(12)4-10/h6-10,12-13H,2-4H2,1H3,(H,14,15,16)(H,17,18,19)/t6-,7-,8+,9+/m1/s1. The van der Waals surface area contributed by atoms with E-state index >= 15 is 0 Å². The van der Waals surface area contributed by atoms with Crippen LogP contribution in [0, 0.1) is 0 Å². The number of ketones is 1. The van der Waals surface area contributed by atoms with E-state index in [9.17, 15) is 31.8 Å². The molecule has 5 N–H and O–H groups in total. The van der Waals surface area contributed by atoms with E-state index in [-0.39, 0.29) is 12.8 Å². The number of hydrogen-bond acceptors (Lipinski definition) is 10. The zero-order chi connectivity index (χ0) is 18.4. The van der Waals surface area contributed by atoms with Crippen molar-refractivity contribution in [2.45, 2.75) is 44.2 Å². The summed E-state index contributed by atoms with van der Waals surface area (Å²) in [5.74, 6) is -1.11. The van der Waals surface area contributed by atoms with E-state index in [1.807, 2.05) is 0 Å². The highest BCUT2D eigenvalue weighted by Gasteiger charge is 2.43. The third-order valence-corrected chi connectivity index (χ3v) is 3.40. The first-order chi connectivity index (χ1) is 10.3. The minimum absolute atomic E-state index is 0.154. The number of aliphatic hydroxyl groups is 3. The van der Waals surface area contributed by atoms with Crippen LogP contribution in [0.15, 0.2) is 0 Å². The topological polar surface area (TPSA) is 205 Å². The lowest BCUT2D eigenvalue weighted by Crippen LogP contribution is -2.52. The Kier molecular flexibility index (Phi) is 8.68. The highest BCUT2D eigenvalue weighted by molar-refractivity contribution is 7.81. The van der Waals surface area contributed by atoms with Crippen molar-refractivity contribution in [2.75, 3.05) is 6.61 Å². The Labute approximate surface area is 132 Å². The fourth-order valence-corrected chi connectivity index (χ4v) is 2.54. The Bertz CT molecular complexity index is 582. The lowest BCUT2D eigenvalue weighted by molar-refractivity contribution is -0.140. The molecule has 14 heteroatoms. The molecule has 0 amide bonds.